The van der Waals surface area contributed by atoms with E-state index in [0.29, 0.717) is 12.2 Å². The first-order valence-electron chi connectivity index (χ1n) is 13.9. The second-order valence-corrected chi connectivity index (χ2v) is 11.3. The number of morpholine rings is 2. The van der Waals surface area contributed by atoms with Crippen molar-refractivity contribution in [1.29, 1.82) is 5.26 Å². The van der Waals surface area contributed by atoms with Crippen LogP contribution in [0, 0.1) is 11.3 Å². The van der Waals surface area contributed by atoms with Crippen LogP contribution in [0.5, 0.6) is 0 Å². The maximum Gasteiger partial charge on any atom is 0.147 e. The van der Waals surface area contributed by atoms with Gasteiger partial charge in [-0.05, 0) is 31.2 Å². The van der Waals surface area contributed by atoms with Gasteiger partial charge in [0.15, 0.2) is 0 Å². The molecule has 39 heavy (non-hydrogen) atoms. The first-order chi connectivity index (χ1) is 19.1. The summed E-state index contributed by atoms with van der Waals surface area (Å²) >= 11 is 0. The van der Waals surface area contributed by atoms with Gasteiger partial charge >= 0.3 is 0 Å². The zero-order chi connectivity index (χ0) is 26.4. The molecule has 3 aromatic rings. The van der Waals surface area contributed by atoms with Gasteiger partial charge in [0.25, 0.3) is 0 Å². The quantitative estimate of drug-likeness (QED) is 0.541. The normalized spacial score (nSPS) is 24.8. The molecule has 0 bridgehead atoms. The molecule has 1 N–H and O–H groups in total. The van der Waals surface area contributed by atoms with Gasteiger partial charge in [-0.15, -0.1) is 0 Å². The predicted molar refractivity (Wildman–Crippen MR) is 148 cm³/mol. The number of aromatic nitrogens is 3. The number of anilines is 2. The first-order valence-corrected chi connectivity index (χ1v) is 13.9. The van der Waals surface area contributed by atoms with Crippen LogP contribution in [0.25, 0.3) is 10.9 Å². The van der Waals surface area contributed by atoms with Crippen LogP contribution < -0.4 is 15.1 Å². The minimum absolute atomic E-state index is 0.0910. The molecular weight excluding hydrogens is 492 g/mol. The molecule has 2 atom stereocenters. The van der Waals surface area contributed by atoms with Crippen molar-refractivity contribution in [2.45, 2.75) is 37.7 Å². The molecule has 0 radical (unpaired) electrons. The van der Waals surface area contributed by atoms with Crippen LogP contribution in [0.1, 0.15) is 23.9 Å². The molecule has 10 heteroatoms. The van der Waals surface area contributed by atoms with E-state index in [1.807, 2.05) is 18.3 Å². The number of hydrogen-bond donors (Lipinski definition) is 1. The standard InChI is InChI=1S/C29H34N8O2/c1-20-14-37(26-5-4-21(11-30)28-23(26)3-2-7-32-28)16-22(39-20)15-35-17-29(18-35)19-36(9-10-38-29)27-13-33-25-12-31-8-6-24(25)34-27/h2-5,7,13,20,22,31H,6,8-10,12,14-19H2,1H3. The van der Waals surface area contributed by atoms with Crippen LogP contribution in [-0.2, 0) is 22.4 Å². The summed E-state index contributed by atoms with van der Waals surface area (Å²) in [5, 5.41) is 13.9. The van der Waals surface area contributed by atoms with E-state index in [2.05, 4.69) is 55.1 Å². The van der Waals surface area contributed by atoms with Crippen molar-refractivity contribution in [3.8, 4) is 6.07 Å². The Hall–Kier alpha value is -3.36. The average molecular weight is 527 g/mol. The number of nitriles is 1. The summed E-state index contributed by atoms with van der Waals surface area (Å²) in [6, 6.07) is 10.2. The van der Waals surface area contributed by atoms with Crippen LogP contribution in [0.3, 0.4) is 0 Å². The Labute approximate surface area is 228 Å². The molecule has 6 heterocycles. The Morgan fingerprint density at radius 3 is 2.95 bits per heavy atom. The van der Waals surface area contributed by atoms with Gasteiger partial charge < -0.3 is 24.6 Å². The molecule has 2 unspecified atom stereocenters. The molecule has 0 aliphatic carbocycles. The van der Waals surface area contributed by atoms with Gasteiger partial charge in [0.2, 0.25) is 0 Å². The van der Waals surface area contributed by atoms with Crippen molar-refractivity contribution < 1.29 is 9.47 Å². The number of fused-ring (bicyclic) bond motifs is 2. The fourth-order valence-electron chi connectivity index (χ4n) is 6.64. The summed E-state index contributed by atoms with van der Waals surface area (Å²) in [7, 11) is 0. The van der Waals surface area contributed by atoms with E-state index < -0.39 is 0 Å². The molecule has 1 spiro atoms. The molecule has 10 nitrogen and oxygen atoms in total. The second kappa shape index (κ2) is 9.99. The van der Waals surface area contributed by atoms with E-state index in [9.17, 15) is 5.26 Å². The molecular formula is C29H34N8O2. The fraction of sp³-hybridized carbons (Fsp3) is 0.517. The molecule has 202 valence electrons. The molecule has 1 aromatic carbocycles. The van der Waals surface area contributed by atoms with E-state index in [-0.39, 0.29) is 17.8 Å². The molecule has 4 aliphatic heterocycles. The lowest BCUT2D eigenvalue weighted by molar-refractivity contribution is -0.161. The number of nitrogens with one attached hydrogen (secondary N) is 1. The zero-order valence-corrected chi connectivity index (χ0v) is 22.3. The topological polar surface area (TPSA) is 103 Å². The Kier molecular flexibility index (Phi) is 6.32. The van der Waals surface area contributed by atoms with E-state index in [1.165, 1.54) is 0 Å². The Morgan fingerprint density at radius 1 is 1.13 bits per heavy atom. The number of likely N-dealkylation sites (tertiary alicyclic amines) is 1. The summed E-state index contributed by atoms with van der Waals surface area (Å²) in [5.41, 5.74) is 4.53. The van der Waals surface area contributed by atoms with Gasteiger partial charge in [0.1, 0.15) is 17.5 Å². The number of benzene rings is 1. The molecule has 7 rings (SSSR count). The van der Waals surface area contributed by atoms with Gasteiger partial charge in [0, 0.05) is 76.0 Å². The molecule has 4 aliphatic rings. The maximum atomic E-state index is 9.54. The largest absolute Gasteiger partial charge is 0.370 e. The Balaban J connectivity index is 1.01. The highest BCUT2D eigenvalue weighted by atomic mass is 16.5. The van der Waals surface area contributed by atoms with Crippen molar-refractivity contribution in [2.75, 3.05) is 68.8 Å². The summed E-state index contributed by atoms with van der Waals surface area (Å²) < 4.78 is 12.7. The van der Waals surface area contributed by atoms with Gasteiger partial charge in [-0.25, -0.2) is 4.98 Å². The van der Waals surface area contributed by atoms with Crippen LogP contribution in [0.2, 0.25) is 0 Å². The Morgan fingerprint density at radius 2 is 2.05 bits per heavy atom. The van der Waals surface area contributed by atoms with Gasteiger partial charge in [-0.2, -0.15) is 5.26 Å². The second-order valence-electron chi connectivity index (χ2n) is 11.3. The van der Waals surface area contributed by atoms with E-state index in [0.717, 1.165) is 99.1 Å². The predicted octanol–water partition coefficient (Wildman–Crippen LogP) is 1.73. The van der Waals surface area contributed by atoms with Crippen molar-refractivity contribution in [3.63, 3.8) is 0 Å². The van der Waals surface area contributed by atoms with Crippen molar-refractivity contribution in [1.82, 2.24) is 25.2 Å². The van der Waals surface area contributed by atoms with Crippen molar-refractivity contribution in [3.05, 3.63) is 53.6 Å². The summed E-state index contributed by atoms with van der Waals surface area (Å²) in [6.07, 6.45) is 4.82. The van der Waals surface area contributed by atoms with E-state index in [4.69, 9.17) is 14.5 Å². The summed E-state index contributed by atoms with van der Waals surface area (Å²) in [6.45, 7) is 10.6. The lowest BCUT2D eigenvalue weighted by atomic mass is 9.91. The lowest BCUT2D eigenvalue weighted by Gasteiger charge is -2.55. The van der Waals surface area contributed by atoms with Crippen LogP contribution in [-0.4, -0.2) is 96.6 Å². The monoisotopic (exact) mass is 526 g/mol. The van der Waals surface area contributed by atoms with Gasteiger partial charge in [0.05, 0.1) is 54.0 Å². The highest BCUT2D eigenvalue weighted by Gasteiger charge is 2.48. The summed E-state index contributed by atoms with van der Waals surface area (Å²) in [4.78, 5) is 21.3. The average Bonchev–Trinajstić information content (AvgIpc) is 2.95. The molecule has 2 aromatic heterocycles. The zero-order valence-electron chi connectivity index (χ0n) is 22.3. The van der Waals surface area contributed by atoms with Crippen LogP contribution in [0.15, 0.2) is 36.7 Å². The Bertz CT molecular complexity index is 1420. The van der Waals surface area contributed by atoms with Crippen LogP contribution >= 0.6 is 0 Å². The third kappa shape index (κ3) is 4.70. The number of pyridine rings is 1. The summed E-state index contributed by atoms with van der Waals surface area (Å²) in [5.74, 6) is 0.973. The molecule has 0 saturated carbocycles. The molecule has 3 saturated heterocycles. The molecule has 3 fully saturated rings. The highest BCUT2D eigenvalue weighted by Crippen LogP contribution is 2.34. The smallest absolute Gasteiger partial charge is 0.147 e. The third-order valence-corrected chi connectivity index (χ3v) is 8.34. The fourth-order valence-corrected chi connectivity index (χ4v) is 6.64. The highest BCUT2D eigenvalue weighted by molar-refractivity contribution is 5.95. The molecule has 0 amide bonds. The van der Waals surface area contributed by atoms with Crippen molar-refractivity contribution >= 4 is 22.4 Å². The lowest BCUT2D eigenvalue weighted by Crippen LogP contribution is -2.71. The first kappa shape index (κ1) is 24.7. The van der Waals surface area contributed by atoms with Crippen LogP contribution in [0.4, 0.5) is 11.5 Å². The van der Waals surface area contributed by atoms with Gasteiger partial charge in [-0.3, -0.25) is 14.9 Å². The van der Waals surface area contributed by atoms with E-state index >= 15 is 0 Å². The maximum absolute atomic E-state index is 9.54. The number of rotatable bonds is 4. The van der Waals surface area contributed by atoms with Gasteiger partial charge in [-0.1, -0.05) is 0 Å². The minimum Gasteiger partial charge on any atom is -0.370 e. The van der Waals surface area contributed by atoms with E-state index in [1.54, 1.807) is 6.20 Å². The number of hydrogen-bond acceptors (Lipinski definition) is 10. The SMILES string of the molecule is CC1CN(c2ccc(C#N)c3ncccc23)CC(CN2CC3(C2)CN(c2cnc4c(n2)CCNC4)CCO3)O1. The number of ether oxygens (including phenoxy) is 2. The number of nitrogens with zero attached hydrogens (tertiary/aromatic N) is 7. The third-order valence-electron chi connectivity index (χ3n) is 8.34. The van der Waals surface area contributed by atoms with Crippen molar-refractivity contribution in [2.24, 2.45) is 0 Å². The minimum atomic E-state index is -0.160.